The molecule has 1 N–H and O–H groups in total. The van der Waals surface area contributed by atoms with Gasteiger partial charge in [-0.25, -0.2) is 4.79 Å². The Morgan fingerprint density at radius 1 is 1.88 bits per heavy atom. The van der Waals surface area contributed by atoms with E-state index in [-0.39, 0.29) is 6.42 Å². The van der Waals surface area contributed by atoms with Crippen molar-refractivity contribution in [2.45, 2.75) is 6.42 Å². The van der Waals surface area contributed by atoms with Crippen molar-refractivity contribution in [2.24, 2.45) is 0 Å². The molecule has 4 nitrogen and oxygen atoms in total. The van der Waals surface area contributed by atoms with Crippen molar-refractivity contribution < 1.29 is 14.2 Å². The lowest BCUT2D eigenvalue weighted by atomic mass is 10.5. The second kappa shape index (κ2) is 1.70. The van der Waals surface area contributed by atoms with Crippen LogP contribution in [0.15, 0.2) is 0 Å². The van der Waals surface area contributed by atoms with Crippen LogP contribution in [0.5, 0.6) is 0 Å². The summed E-state index contributed by atoms with van der Waals surface area (Å²) >= 11 is 0.696. The van der Waals surface area contributed by atoms with Crippen LogP contribution in [0, 0.1) is 5.21 Å². The van der Waals surface area contributed by atoms with Crippen molar-refractivity contribution in [1.29, 1.82) is 0 Å². The predicted molar refractivity (Wildman–Crippen MR) is 27.5 cm³/mol. The van der Waals surface area contributed by atoms with E-state index < -0.39 is 10.1 Å². The zero-order valence-electron chi connectivity index (χ0n) is 4.03. The zero-order valence-corrected chi connectivity index (χ0v) is 4.85. The second-order valence-electron chi connectivity index (χ2n) is 1.50. The van der Waals surface area contributed by atoms with E-state index in [0.29, 0.717) is 17.7 Å². The Labute approximate surface area is 50.3 Å². The Balaban J connectivity index is 2.68. The molecule has 0 spiro atoms. The van der Waals surface area contributed by atoms with Gasteiger partial charge in [-0.15, -0.1) is 0 Å². The van der Waals surface area contributed by atoms with E-state index in [2.05, 4.69) is 0 Å². The fourth-order valence-corrected chi connectivity index (χ4v) is 1.22. The lowest BCUT2D eigenvalue weighted by Crippen LogP contribution is -2.31. The van der Waals surface area contributed by atoms with Gasteiger partial charge in [0.05, 0.1) is 12.2 Å². The van der Waals surface area contributed by atoms with Gasteiger partial charge < -0.3 is 5.21 Å². The predicted octanol–water partition coefficient (Wildman–Crippen LogP) is 0.269. The van der Waals surface area contributed by atoms with Gasteiger partial charge in [0, 0.05) is 0 Å². The molecule has 0 radical (unpaired) electrons. The number of nitrogens with zero attached hydrogens (tertiary/aromatic N) is 1. The van der Waals surface area contributed by atoms with Crippen LogP contribution in [0.1, 0.15) is 6.42 Å². The minimum absolute atomic E-state index is 0.185. The number of carbonyl (C=O) groups excluding carboxylic acids is 1. The van der Waals surface area contributed by atoms with Crippen LogP contribution in [0.2, 0.25) is 0 Å². The quantitative estimate of drug-likeness (QED) is 0.224. The topological polar surface area (TPSA) is 60.4 Å². The van der Waals surface area contributed by atoms with E-state index in [0.717, 1.165) is 0 Å². The first kappa shape index (κ1) is 6.03. The molecule has 0 bridgehead atoms. The highest BCUT2D eigenvalue weighted by molar-refractivity contribution is 7.94. The minimum atomic E-state index is -1.74. The Morgan fingerprint density at radius 2 is 2.50 bits per heavy atom. The van der Waals surface area contributed by atoms with Gasteiger partial charge in [-0.05, 0) is 0 Å². The van der Waals surface area contributed by atoms with E-state index in [1.54, 1.807) is 0 Å². The van der Waals surface area contributed by atoms with Crippen LogP contribution in [0.4, 0.5) is 0 Å². The smallest absolute Gasteiger partial charge is 0.358 e. The zero-order chi connectivity index (χ0) is 6.20. The van der Waals surface area contributed by atoms with Crippen LogP contribution >= 0.6 is 11.9 Å². The lowest BCUT2D eigenvalue weighted by molar-refractivity contribution is -0.880. The summed E-state index contributed by atoms with van der Waals surface area (Å²) in [5.74, 6) is -0.228. The van der Waals surface area contributed by atoms with Crippen LogP contribution in [-0.4, -0.2) is 21.1 Å². The van der Waals surface area contributed by atoms with E-state index in [1.165, 1.54) is 0 Å². The molecule has 0 aromatic heterocycles. The van der Waals surface area contributed by atoms with Gasteiger partial charge in [0.25, 0.3) is 0 Å². The summed E-state index contributed by atoms with van der Waals surface area (Å²) in [5.41, 5.74) is 0. The molecule has 1 aliphatic rings. The van der Waals surface area contributed by atoms with Crippen LogP contribution in [0.3, 0.4) is 0 Å². The van der Waals surface area contributed by atoms with E-state index in [4.69, 9.17) is 5.21 Å². The first-order valence-electron chi connectivity index (χ1n) is 2.14. The van der Waals surface area contributed by atoms with Gasteiger partial charge in [0.1, 0.15) is 11.9 Å². The maximum atomic E-state index is 10.3. The van der Waals surface area contributed by atoms with Gasteiger partial charge >= 0.3 is 5.91 Å². The molecule has 46 valence electrons. The third-order valence-electron chi connectivity index (χ3n) is 0.897. The van der Waals surface area contributed by atoms with Crippen molar-refractivity contribution in [1.82, 2.24) is 0 Å². The van der Waals surface area contributed by atoms with Gasteiger partial charge in [-0.2, -0.15) is 5.21 Å². The molecule has 1 saturated heterocycles. The Hall–Kier alpha value is -0.100. The SMILES string of the molecule is O=C1CCS[N+]1([O-])O. The monoisotopic (exact) mass is 135 g/mol. The van der Waals surface area contributed by atoms with Gasteiger partial charge in [0.2, 0.25) is 0 Å². The highest BCUT2D eigenvalue weighted by Gasteiger charge is 2.34. The normalized spacial score (nSPS) is 38.5. The fraction of sp³-hybridized carbons (Fsp3) is 0.667. The summed E-state index contributed by atoms with van der Waals surface area (Å²) in [7, 11) is 0. The second-order valence-corrected chi connectivity index (χ2v) is 2.66. The molecule has 1 atom stereocenters. The number of hydrogen-bond donors (Lipinski definition) is 1. The van der Waals surface area contributed by atoms with Gasteiger partial charge in [-0.1, -0.05) is 4.21 Å². The summed E-state index contributed by atoms with van der Waals surface area (Å²) in [6, 6.07) is 0. The first-order chi connectivity index (χ1) is 3.63. The average molecular weight is 135 g/mol. The summed E-state index contributed by atoms with van der Waals surface area (Å²) in [6.45, 7) is 0. The standard InChI is InChI=1S/C3H5NO3S/c5-3-1-2-8-4(3,6)7/h6H,1-2H2. The minimum Gasteiger partial charge on any atom is -0.579 e. The number of rotatable bonds is 0. The summed E-state index contributed by atoms with van der Waals surface area (Å²) < 4.78 is -1.74. The summed E-state index contributed by atoms with van der Waals surface area (Å²) in [4.78, 5) is 10.3. The highest BCUT2D eigenvalue weighted by Crippen LogP contribution is 2.27. The molecule has 0 aromatic carbocycles. The Kier molecular flexibility index (Phi) is 1.28. The van der Waals surface area contributed by atoms with E-state index in [1.807, 2.05) is 0 Å². The number of carbonyl (C=O) groups is 1. The molecule has 0 saturated carbocycles. The van der Waals surface area contributed by atoms with Gasteiger partial charge in [-0.3, -0.25) is 0 Å². The van der Waals surface area contributed by atoms with Crippen molar-refractivity contribution in [3.05, 3.63) is 5.21 Å². The highest BCUT2D eigenvalue weighted by atomic mass is 32.2. The number of hydrogen-bond acceptors (Lipinski definition) is 4. The maximum Gasteiger partial charge on any atom is 0.358 e. The molecule has 8 heavy (non-hydrogen) atoms. The molecular formula is C3H5NO3S. The number of quaternary nitrogens is 1. The molecule has 1 amide bonds. The first-order valence-corrected chi connectivity index (χ1v) is 3.08. The largest absolute Gasteiger partial charge is 0.579 e. The molecule has 1 unspecified atom stereocenters. The maximum absolute atomic E-state index is 10.3. The van der Waals surface area contributed by atoms with Crippen LogP contribution in [-0.2, 0) is 4.79 Å². The Morgan fingerprint density at radius 3 is 2.62 bits per heavy atom. The van der Waals surface area contributed by atoms with Gasteiger partial charge in [0.15, 0.2) is 0 Å². The Bertz CT molecular complexity index is 124. The van der Waals surface area contributed by atoms with Crippen molar-refractivity contribution in [3.8, 4) is 0 Å². The fourth-order valence-electron chi connectivity index (χ4n) is 0.470. The van der Waals surface area contributed by atoms with Crippen LogP contribution < -0.4 is 0 Å². The van der Waals surface area contributed by atoms with Crippen LogP contribution in [0.25, 0.3) is 0 Å². The molecule has 1 rings (SSSR count). The molecular weight excluding hydrogens is 130 g/mol. The third kappa shape index (κ3) is 0.851. The lowest BCUT2D eigenvalue weighted by Gasteiger charge is -2.20. The average Bonchev–Trinajstić information content (AvgIpc) is 1.86. The third-order valence-corrected chi connectivity index (χ3v) is 1.84. The number of amides is 1. The van der Waals surface area contributed by atoms with Crippen molar-refractivity contribution >= 4 is 17.9 Å². The summed E-state index contributed by atoms with van der Waals surface area (Å²) in [5, 5.41) is 18.8. The molecule has 1 fully saturated rings. The summed E-state index contributed by atoms with van der Waals surface area (Å²) in [6.07, 6.45) is 0.185. The van der Waals surface area contributed by atoms with E-state index >= 15 is 0 Å². The van der Waals surface area contributed by atoms with Crippen molar-refractivity contribution in [2.75, 3.05) is 5.75 Å². The number of hydroxylamine groups is 2. The van der Waals surface area contributed by atoms with E-state index in [9.17, 15) is 10.0 Å². The molecule has 5 heteroatoms. The molecule has 0 aromatic rings. The molecule has 1 heterocycles. The molecule has 0 aliphatic carbocycles. The van der Waals surface area contributed by atoms with Crippen molar-refractivity contribution in [3.63, 3.8) is 0 Å². The molecule has 1 aliphatic heterocycles.